The van der Waals surface area contributed by atoms with Gasteiger partial charge in [-0.3, -0.25) is 9.59 Å². The van der Waals surface area contributed by atoms with Crippen molar-refractivity contribution in [3.05, 3.63) is 29.3 Å². The van der Waals surface area contributed by atoms with Crippen molar-refractivity contribution in [2.45, 2.75) is 44.2 Å². The van der Waals surface area contributed by atoms with Crippen molar-refractivity contribution >= 4 is 29.1 Å². The number of ether oxygens (including phenoxy) is 1. The summed E-state index contributed by atoms with van der Waals surface area (Å²) in [5.74, 6) is -0.130. The molecule has 0 saturated carbocycles. The van der Waals surface area contributed by atoms with E-state index < -0.39 is 6.04 Å². The number of halogens is 1. The molecule has 0 spiro atoms. The minimum absolute atomic E-state index is 0.0576. The van der Waals surface area contributed by atoms with Gasteiger partial charge in [0.25, 0.3) is 0 Å². The number of benzene rings is 1. The standard InChI is InChI=1S/C17H21ClN2O3/c18-12-3-5-13(6-4-12)20-10-9-15(17(20)22)19-16(21)8-7-14-2-1-11-23-14/h3-6,14-15H,1-2,7-11H2,(H,19,21)/t14-,15+/m0/s1. The molecule has 1 aromatic carbocycles. The maximum absolute atomic E-state index is 12.4. The molecular weight excluding hydrogens is 316 g/mol. The van der Waals surface area contributed by atoms with Crippen LogP contribution in [0.2, 0.25) is 5.02 Å². The summed E-state index contributed by atoms with van der Waals surface area (Å²) < 4.78 is 5.51. The molecule has 5 nitrogen and oxygen atoms in total. The van der Waals surface area contributed by atoms with Gasteiger partial charge in [0.15, 0.2) is 0 Å². The number of carbonyl (C=O) groups excluding carboxylic acids is 2. The Morgan fingerprint density at radius 3 is 2.78 bits per heavy atom. The Morgan fingerprint density at radius 2 is 2.09 bits per heavy atom. The predicted octanol–water partition coefficient (Wildman–Crippen LogP) is 2.52. The van der Waals surface area contributed by atoms with Gasteiger partial charge in [-0.05, 0) is 49.9 Å². The normalized spacial score (nSPS) is 24.2. The van der Waals surface area contributed by atoms with E-state index in [0.29, 0.717) is 24.4 Å². The van der Waals surface area contributed by atoms with Crippen molar-refractivity contribution in [3.8, 4) is 0 Å². The monoisotopic (exact) mass is 336 g/mol. The second-order valence-electron chi connectivity index (χ2n) is 6.05. The second kappa shape index (κ2) is 7.32. The number of hydrogen-bond acceptors (Lipinski definition) is 3. The Hall–Kier alpha value is -1.59. The largest absolute Gasteiger partial charge is 0.378 e. The lowest BCUT2D eigenvalue weighted by molar-refractivity contribution is -0.126. The Morgan fingerprint density at radius 1 is 1.30 bits per heavy atom. The highest BCUT2D eigenvalue weighted by molar-refractivity contribution is 6.30. The van der Waals surface area contributed by atoms with Crippen LogP contribution >= 0.6 is 11.6 Å². The lowest BCUT2D eigenvalue weighted by atomic mass is 10.1. The molecule has 1 aromatic rings. The lowest BCUT2D eigenvalue weighted by Gasteiger charge is -2.17. The molecule has 0 radical (unpaired) electrons. The molecule has 23 heavy (non-hydrogen) atoms. The van der Waals surface area contributed by atoms with Crippen molar-refractivity contribution in [1.82, 2.24) is 5.32 Å². The molecule has 0 bridgehead atoms. The van der Waals surface area contributed by atoms with Gasteiger partial charge in [-0.15, -0.1) is 0 Å². The van der Waals surface area contributed by atoms with E-state index in [1.54, 1.807) is 17.0 Å². The fraction of sp³-hybridized carbons (Fsp3) is 0.529. The molecule has 2 saturated heterocycles. The minimum atomic E-state index is -0.428. The van der Waals surface area contributed by atoms with Crippen LogP contribution in [0.25, 0.3) is 0 Å². The van der Waals surface area contributed by atoms with Crippen molar-refractivity contribution in [3.63, 3.8) is 0 Å². The summed E-state index contributed by atoms with van der Waals surface area (Å²) in [4.78, 5) is 26.2. The van der Waals surface area contributed by atoms with Crippen LogP contribution in [0.5, 0.6) is 0 Å². The van der Waals surface area contributed by atoms with Crippen molar-refractivity contribution in [1.29, 1.82) is 0 Å². The fourth-order valence-electron chi connectivity index (χ4n) is 3.12. The van der Waals surface area contributed by atoms with Crippen molar-refractivity contribution < 1.29 is 14.3 Å². The van der Waals surface area contributed by atoms with Crippen LogP contribution in [0, 0.1) is 0 Å². The molecule has 2 atom stereocenters. The molecule has 0 aliphatic carbocycles. The molecule has 0 unspecified atom stereocenters. The van der Waals surface area contributed by atoms with Crippen LogP contribution in [0.1, 0.15) is 32.1 Å². The van der Waals surface area contributed by atoms with E-state index in [-0.39, 0.29) is 17.9 Å². The van der Waals surface area contributed by atoms with E-state index in [0.717, 1.165) is 31.6 Å². The van der Waals surface area contributed by atoms with Gasteiger partial charge < -0.3 is 15.0 Å². The molecule has 2 heterocycles. The quantitative estimate of drug-likeness (QED) is 0.898. The number of hydrogen-bond donors (Lipinski definition) is 1. The highest BCUT2D eigenvalue weighted by Gasteiger charge is 2.33. The number of nitrogens with one attached hydrogen (secondary N) is 1. The third kappa shape index (κ3) is 4.03. The van der Waals surface area contributed by atoms with E-state index >= 15 is 0 Å². The van der Waals surface area contributed by atoms with Crippen LogP contribution in [0.3, 0.4) is 0 Å². The van der Waals surface area contributed by atoms with Crippen LogP contribution in [-0.4, -0.2) is 37.1 Å². The van der Waals surface area contributed by atoms with Gasteiger partial charge in [0.2, 0.25) is 11.8 Å². The number of carbonyl (C=O) groups is 2. The molecule has 2 aliphatic heterocycles. The summed E-state index contributed by atoms with van der Waals surface area (Å²) in [6.45, 7) is 1.40. The number of nitrogens with zero attached hydrogens (tertiary/aromatic N) is 1. The molecule has 124 valence electrons. The summed E-state index contributed by atoms with van der Waals surface area (Å²) >= 11 is 5.87. The van der Waals surface area contributed by atoms with E-state index in [1.165, 1.54) is 0 Å². The Bertz CT molecular complexity index is 570. The third-order valence-corrected chi connectivity index (χ3v) is 4.65. The highest BCUT2D eigenvalue weighted by atomic mass is 35.5. The maximum Gasteiger partial charge on any atom is 0.249 e. The third-order valence-electron chi connectivity index (χ3n) is 4.40. The molecule has 3 rings (SSSR count). The van der Waals surface area contributed by atoms with Crippen LogP contribution < -0.4 is 10.2 Å². The number of amides is 2. The van der Waals surface area contributed by atoms with E-state index in [2.05, 4.69) is 5.32 Å². The molecule has 1 N–H and O–H groups in total. The van der Waals surface area contributed by atoms with Gasteiger partial charge in [-0.25, -0.2) is 0 Å². The van der Waals surface area contributed by atoms with E-state index in [1.807, 2.05) is 12.1 Å². The van der Waals surface area contributed by atoms with Crippen LogP contribution in [0.4, 0.5) is 5.69 Å². The first kappa shape index (κ1) is 16.3. The van der Waals surface area contributed by atoms with Crippen LogP contribution in [-0.2, 0) is 14.3 Å². The molecule has 2 fully saturated rings. The summed E-state index contributed by atoms with van der Waals surface area (Å²) in [5.41, 5.74) is 0.815. The van der Waals surface area contributed by atoms with E-state index in [9.17, 15) is 9.59 Å². The first-order chi connectivity index (χ1) is 11.1. The minimum Gasteiger partial charge on any atom is -0.378 e. The average Bonchev–Trinajstić information content (AvgIpc) is 3.18. The Balaban J connectivity index is 1.50. The zero-order chi connectivity index (χ0) is 16.2. The summed E-state index contributed by atoms with van der Waals surface area (Å²) in [7, 11) is 0. The SMILES string of the molecule is O=C(CC[C@@H]1CCCO1)N[C@@H]1CCN(c2ccc(Cl)cc2)C1=O. The molecular formula is C17H21ClN2O3. The maximum atomic E-state index is 12.4. The van der Waals surface area contributed by atoms with Crippen molar-refractivity contribution in [2.24, 2.45) is 0 Å². The van der Waals surface area contributed by atoms with Gasteiger partial charge >= 0.3 is 0 Å². The van der Waals surface area contributed by atoms with Crippen molar-refractivity contribution in [2.75, 3.05) is 18.1 Å². The zero-order valence-corrected chi connectivity index (χ0v) is 13.7. The smallest absolute Gasteiger partial charge is 0.249 e. The average molecular weight is 337 g/mol. The van der Waals surface area contributed by atoms with Gasteiger partial charge in [0.1, 0.15) is 6.04 Å². The summed E-state index contributed by atoms with van der Waals surface area (Å²) in [6.07, 6.45) is 4.07. The first-order valence-corrected chi connectivity index (χ1v) is 8.49. The molecule has 6 heteroatoms. The number of anilines is 1. The van der Waals surface area contributed by atoms with Gasteiger partial charge in [-0.1, -0.05) is 11.6 Å². The first-order valence-electron chi connectivity index (χ1n) is 8.11. The highest BCUT2D eigenvalue weighted by Crippen LogP contribution is 2.23. The summed E-state index contributed by atoms with van der Waals surface area (Å²) in [6, 6.07) is 6.74. The van der Waals surface area contributed by atoms with Gasteiger partial charge in [0, 0.05) is 30.3 Å². The topological polar surface area (TPSA) is 58.6 Å². The second-order valence-corrected chi connectivity index (χ2v) is 6.49. The lowest BCUT2D eigenvalue weighted by Crippen LogP contribution is -2.41. The molecule has 2 aliphatic rings. The van der Waals surface area contributed by atoms with Gasteiger partial charge in [-0.2, -0.15) is 0 Å². The van der Waals surface area contributed by atoms with Crippen LogP contribution in [0.15, 0.2) is 24.3 Å². The zero-order valence-electron chi connectivity index (χ0n) is 13.0. The van der Waals surface area contributed by atoms with E-state index in [4.69, 9.17) is 16.3 Å². The van der Waals surface area contributed by atoms with Gasteiger partial charge in [0.05, 0.1) is 6.10 Å². The fourth-order valence-corrected chi connectivity index (χ4v) is 3.25. The molecule has 0 aromatic heterocycles. The summed E-state index contributed by atoms with van der Waals surface area (Å²) in [5, 5.41) is 3.49. The molecule has 2 amide bonds. The predicted molar refractivity (Wildman–Crippen MR) is 88.6 cm³/mol. The Labute approximate surface area is 140 Å². The number of rotatable bonds is 5. The Kier molecular flexibility index (Phi) is 5.18.